The Morgan fingerprint density at radius 3 is 2.50 bits per heavy atom. The number of ether oxygens (including phenoxy) is 1. The maximum absolute atomic E-state index is 6.02. The van der Waals surface area contributed by atoms with Crippen molar-refractivity contribution in [2.75, 3.05) is 12.3 Å². The molecular weight excluding hydrogens is 325 g/mol. The van der Waals surface area contributed by atoms with Crippen LogP contribution in [0.4, 0.5) is 5.95 Å². The van der Waals surface area contributed by atoms with Crippen molar-refractivity contribution in [2.45, 2.75) is 6.92 Å². The molecule has 0 spiro atoms. The van der Waals surface area contributed by atoms with Crippen molar-refractivity contribution in [2.24, 2.45) is 0 Å². The first-order valence-electron chi connectivity index (χ1n) is 6.46. The van der Waals surface area contributed by atoms with Gasteiger partial charge >= 0.3 is 0 Å². The SMILES string of the molecule is CCOc1nc(N)nc2ncc(-c3cc(Cl)cc(Cl)c3)nc12. The lowest BCUT2D eigenvalue weighted by Gasteiger charge is -2.08. The number of hydrogen-bond acceptors (Lipinski definition) is 6. The van der Waals surface area contributed by atoms with Crippen molar-refractivity contribution >= 4 is 40.3 Å². The number of anilines is 1. The Balaban J connectivity index is 2.20. The largest absolute Gasteiger partial charge is 0.476 e. The van der Waals surface area contributed by atoms with E-state index in [1.165, 1.54) is 0 Å². The van der Waals surface area contributed by atoms with E-state index in [1.54, 1.807) is 24.4 Å². The topological polar surface area (TPSA) is 86.8 Å². The number of nitrogens with zero attached hydrogens (tertiary/aromatic N) is 4. The van der Waals surface area contributed by atoms with Crippen molar-refractivity contribution in [3.8, 4) is 17.1 Å². The van der Waals surface area contributed by atoms with Crippen molar-refractivity contribution in [3.05, 3.63) is 34.4 Å². The lowest BCUT2D eigenvalue weighted by molar-refractivity contribution is 0.330. The van der Waals surface area contributed by atoms with Gasteiger partial charge in [-0.1, -0.05) is 23.2 Å². The third-order valence-electron chi connectivity index (χ3n) is 2.83. The standard InChI is InChI=1S/C14H11Cl2N5O/c1-2-22-13-11-12(20-14(17)21-13)18-6-10(19-11)7-3-8(15)5-9(16)4-7/h3-6H,2H2,1H3,(H2,17,18,20,21). The highest BCUT2D eigenvalue weighted by atomic mass is 35.5. The minimum Gasteiger partial charge on any atom is -0.476 e. The minimum absolute atomic E-state index is 0.0869. The molecule has 6 nitrogen and oxygen atoms in total. The minimum atomic E-state index is 0.0869. The monoisotopic (exact) mass is 335 g/mol. The molecule has 2 heterocycles. The van der Waals surface area contributed by atoms with Gasteiger partial charge in [-0.2, -0.15) is 9.97 Å². The van der Waals surface area contributed by atoms with E-state index in [-0.39, 0.29) is 5.95 Å². The van der Waals surface area contributed by atoms with Crippen LogP contribution in [0.25, 0.3) is 22.4 Å². The van der Waals surface area contributed by atoms with E-state index in [1.807, 2.05) is 6.92 Å². The number of hydrogen-bond donors (Lipinski definition) is 1. The summed E-state index contributed by atoms with van der Waals surface area (Å²) in [6.07, 6.45) is 1.58. The molecule has 8 heteroatoms. The van der Waals surface area contributed by atoms with Gasteiger partial charge in [0, 0.05) is 15.6 Å². The van der Waals surface area contributed by atoms with Crippen molar-refractivity contribution in [1.29, 1.82) is 0 Å². The number of benzene rings is 1. The number of aromatic nitrogens is 4. The summed E-state index contributed by atoms with van der Waals surface area (Å²) in [6.45, 7) is 2.28. The summed E-state index contributed by atoms with van der Waals surface area (Å²) < 4.78 is 5.45. The molecule has 0 saturated carbocycles. The Kier molecular flexibility index (Phi) is 3.96. The molecule has 0 aliphatic carbocycles. The molecule has 0 atom stereocenters. The summed E-state index contributed by atoms with van der Waals surface area (Å²) in [5, 5.41) is 1.03. The normalized spacial score (nSPS) is 10.9. The smallest absolute Gasteiger partial charge is 0.247 e. The molecule has 0 aliphatic rings. The molecule has 0 amide bonds. The average Bonchev–Trinajstić information content (AvgIpc) is 2.46. The van der Waals surface area contributed by atoms with E-state index in [2.05, 4.69) is 19.9 Å². The van der Waals surface area contributed by atoms with E-state index in [0.717, 1.165) is 5.56 Å². The number of halogens is 2. The molecule has 3 aromatic rings. The molecular formula is C14H11Cl2N5O. The second-order valence-corrected chi connectivity index (χ2v) is 5.28. The molecule has 0 radical (unpaired) electrons. The van der Waals surface area contributed by atoms with E-state index < -0.39 is 0 Å². The molecule has 1 aromatic carbocycles. The number of rotatable bonds is 3. The second-order valence-electron chi connectivity index (χ2n) is 4.41. The van der Waals surface area contributed by atoms with Crippen LogP contribution in [-0.2, 0) is 0 Å². The Labute approximate surface area is 136 Å². The first-order chi connectivity index (χ1) is 10.6. The van der Waals surface area contributed by atoms with Crippen molar-refractivity contribution in [3.63, 3.8) is 0 Å². The fraction of sp³-hybridized carbons (Fsp3) is 0.143. The van der Waals surface area contributed by atoms with Gasteiger partial charge in [0.1, 0.15) is 0 Å². The summed E-state index contributed by atoms with van der Waals surface area (Å²) in [7, 11) is 0. The Morgan fingerprint density at radius 1 is 1.09 bits per heavy atom. The fourth-order valence-corrected chi connectivity index (χ4v) is 2.50. The lowest BCUT2D eigenvalue weighted by atomic mass is 10.1. The highest BCUT2D eigenvalue weighted by Crippen LogP contribution is 2.28. The number of fused-ring (bicyclic) bond motifs is 1. The van der Waals surface area contributed by atoms with Gasteiger partial charge in [0.15, 0.2) is 11.2 Å². The molecule has 0 unspecified atom stereocenters. The highest BCUT2D eigenvalue weighted by Gasteiger charge is 2.12. The zero-order valence-electron chi connectivity index (χ0n) is 11.5. The maximum Gasteiger partial charge on any atom is 0.247 e. The molecule has 22 heavy (non-hydrogen) atoms. The van der Waals surface area contributed by atoms with Crippen LogP contribution in [0.5, 0.6) is 5.88 Å². The number of nitrogens with two attached hydrogens (primary N) is 1. The molecule has 0 fully saturated rings. The van der Waals surface area contributed by atoms with Gasteiger partial charge in [-0.15, -0.1) is 0 Å². The molecule has 0 aliphatic heterocycles. The first-order valence-corrected chi connectivity index (χ1v) is 7.22. The molecule has 0 saturated heterocycles. The van der Waals surface area contributed by atoms with Crippen LogP contribution in [0.1, 0.15) is 6.92 Å². The van der Waals surface area contributed by atoms with Crippen LogP contribution >= 0.6 is 23.2 Å². The van der Waals surface area contributed by atoms with E-state index in [4.69, 9.17) is 33.7 Å². The Morgan fingerprint density at radius 2 is 1.82 bits per heavy atom. The molecule has 0 bridgehead atoms. The van der Waals surface area contributed by atoms with Gasteiger partial charge in [0.25, 0.3) is 0 Å². The Hall–Kier alpha value is -2.18. The van der Waals surface area contributed by atoms with E-state index in [9.17, 15) is 0 Å². The van der Waals surface area contributed by atoms with Crippen LogP contribution < -0.4 is 10.5 Å². The summed E-state index contributed by atoms with van der Waals surface area (Å²) in [4.78, 5) is 16.9. The van der Waals surface area contributed by atoms with Gasteiger partial charge in [-0.05, 0) is 25.1 Å². The summed E-state index contributed by atoms with van der Waals surface area (Å²) in [6, 6.07) is 5.15. The fourth-order valence-electron chi connectivity index (χ4n) is 1.98. The third kappa shape index (κ3) is 2.88. The first kappa shape index (κ1) is 14.7. The van der Waals surface area contributed by atoms with Crippen LogP contribution in [0.3, 0.4) is 0 Å². The predicted molar refractivity (Wildman–Crippen MR) is 86.2 cm³/mol. The van der Waals surface area contributed by atoms with E-state index in [0.29, 0.717) is 39.4 Å². The number of nitrogen functional groups attached to an aromatic ring is 1. The molecule has 2 aromatic heterocycles. The second kappa shape index (κ2) is 5.90. The van der Waals surface area contributed by atoms with Crippen molar-refractivity contribution in [1.82, 2.24) is 19.9 Å². The molecule has 3 rings (SSSR count). The molecule has 112 valence electrons. The predicted octanol–water partition coefficient (Wildman–Crippen LogP) is 3.37. The van der Waals surface area contributed by atoms with Crippen LogP contribution in [0.2, 0.25) is 10.0 Å². The van der Waals surface area contributed by atoms with Crippen LogP contribution in [0.15, 0.2) is 24.4 Å². The zero-order valence-corrected chi connectivity index (χ0v) is 13.1. The van der Waals surface area contributed by atoms with Gasteiger partial charge in [0.2, 0.25) is 11.8 Å². The van der Waals surface area contributed by atoms with Gasteiger partial charge in [-0.3, -0.25) is 0 Å². The average molecular weight is 336 g/mol. The summed E-state index contributed by atoms with van der Waals surface area (Å²) >= 11 is 12.0. The lowest BCUT2D eigenvalue weighted by Crippen LogP contribution is -2.04. The zero-order chi connectivity index (χ0) is 15.7. The van der Waals surface area contributed by atoms with Gasteiger partial charge in [-0.25, -0.2) is 9.97 Å². The van der Waals surface area contributed by atoms with Crippen LogP contribution in [-0.4, -0.2) is 26.5 Å². The van der Waals surface area contributed by atoms with Crippen molar-refractivity contribution < 1.29 is 4.74 Å². The maximum atomic E-state index is 6.02. The molecule has 2 N–H and O–H groups in total. The summed E-state index contributed by atoms with van der Waals surface area (Å²) in [5.74, 6) is 0.385. The van der Waals surface area contributed by atoms with Crippen LogP contribution in [0, 0.1) is 0 Å². The van der Waals surface area contributed by atoms with Gasteiger partial charge in [0.05, 0.1) is 18.5 Å². The summed E-state index contributed by atoms with van der Waals surface area (Å²) in [5.41, 5.74) is 7.77. The third-order valence-corrected chi connectivity index (χ3v) is 3.27. The van der Waals surface area contributed by atoms with E-state index >= 15 is 0 Å². The Bertz CT molecular complexity index is 836. The quantitative estimate of drug-likeness (QED) is 0.789. The van der Waals surface area contributed by atoms with Gasteiger partial charge < -0.3 is 10.5 Å². The highest BCUT2D eigenvalue weighted by molar-refractivity contribution is 6.35.